The molecule has 1 aliphatic rings. The smallest absolute Gasteiger partial charge is 0.253 e. The molecule has 0 atom stereocenters. The highest BCUT2D eigenvalue weighted by Crippen LogP contribution is 2.30. The minimum absolute atomic E-state index is 0.0580. The molecule has 0 N–H and O–H groups in total. The molecule has 6 rings (SSSR count). The highest BCUT2D eigenvalue weighted by molar-refractivity contribution is 6.31. The Kier molecular flexibility index (Phi) is 5.57. The van der Waals surface area contributed by atoms with Gasteiger partial charge in [-0.15, -0.1) is 10.2 Å². The molecular formula is C28H25ClN6O. The summed E-state index contributed by atoms with van der Waals surface area (Å²) in [5.41, 5.74) is 5.51. The van der Waals surface area contributed by atoms with Crippen LogP contribution in [-0.2, 0) is 0 Å². The van der Waals surface area contributed by atoms with Crippen LogP contribution < -0.4 is 4.90 Å². The summed E-state index contributed by atoms with van der Waals surface area (Å²) < 4.78 is 2.03. The van der Waals surface area contributed by atoms with E-state index in [9.17, 15) is 4.79 Å². The summed E-state index contributed by atoms with van der Waals surface area (Å²) in [5.74, 6) is 1.55. The molecule has 1 aliphatic heterocycles. The number of rotatable bonds is 3. The predicted octanol–water partition coefficient (Wildman–Crippen LogP) is 5.18. The van der Waals surface area contributed by atoms with Gasteiger partial charge < -0.3 is 9.80 Å². The Morgan fingerprint density at radius 3 is 2.19 bits per heavy atom. The Morgan fingerprint density at radius 1 is 0.833 bits per heavy atom. The van der Waals surface area contributed by atoms with E-state index in [1.165, 1.54) is 5.56 Å². The lowest BCUT2D eigenvalue weighted by molar-refractivity contribution is 0.0746. The fraction of sp³-hybridized carbons (Fsp3) is 0.214. The van der Waals surface area contributed by atoms with Crippen molar-refractivity contribution in [3.05, 3.63) is 88.4 Å². The van der Waals surface area contributed by atoms with Gasteiger partial charge in [0.1, 0.15) is 0 Å². The largest absolute Gasteiger partial charge is 0.338 e. The van der Waals surface area contributed by atoms with E-state index in [4.69, 9.17) is 16.6 Å². The molecule has 0 aliphatic carbocycles. The van der Waals surface area contributed by atoms with E-state index in [-0.39, 0.29) is 5.91 Å². The zero-order valence-corrected chi connectivity index (χ0v) is 20.9. The van der Waals surface area contributed by atoms with Crippen LogP contribution in [0.15, 0.2) is 66.7 Å². The fourth-order valence-corrected chi connectivity index (χ4v) is 4.85. The summed E-state index contributed by atoms with van der Waals surface area (Å²) in [5, 5.41) is 10.6. The summed E-state index contributed by atoms with van der Waals surface area (Å²) in [4.78, 5) is 22.2. The number of anilines is 1. The lowest BCUT2D eigenvalue weighted by Crippen LogP contribution is -2.49. The molecule has 0 radical (unpaired) electrons. The molecule has 1 amide bonds. The van der Waals surface area contributed by atoms with Crippen LogP contribution in [0.4, 0.5) is 5.95 Å². The summed E-state index contributed by atoms with van der Waals surface area (Å²) in [6.07, 6.45) is 0. The first-order valence-electron chi connectivity index (χ1n) is 12.0. The molecule has 0 bridgehead atoms. The average Bonchev–Trinajstić information content (AvgIpc) is 3.34. The summed E-state index contributed by atoms with van der Waals surface area (Å²) >= 11 is 6.31. The van der Waals surface area contributed by atoms with Gasteiger partial charge in [-0.2, -0.15) is 0 Å². The molecule has 36 heavy (non-hydrogen) atoms. The van der Waals surface area contributed by atoms with Gasteiger partial charge in [0.2, 0.25) is 5.95 Å². The number of aryl methyl sites for hydroxylation is 2. The lowest BCUT2D eigenvalue weighted by atomic mass is 10.1. The standard InChI is InChI=1S/C28H25ClN6O/c1-18-3-7-20(8-4-18)25-31-32-26-23-12-11-22(29)17-24(23)30-28(35(25)26)34-15-13-33(14-16-34)27(36)21-9-5-19(2)6-10-21/h3-12,17H,13-16H2,1-2H3. The van der Waals surface area contributed by atoms with Crippen molar-refractivity contribution in [2.24, 2.45) is 0 Å². The third kappa shape index (κ3) is 3.95. The highest BCUT2D eigenvalue weighted by atomic mass is 35.5. The van der Waals surface area contributed by atoms with Gasteiger partial charge in [-0.05, 0) is 44.2 Å². The number of carbonyl (C=O) groups is 1. The van der Waals surface area contributed by atoms with Crippen LogP contribution in [-0.4, -0.2) is 56.6 Å². The van der Waals surface area contributed by atoms with Crippen LogP contribution in [0, 0.1) is 13.8 Å². The van der Waals surface area contributed by atoms with Crippen LogP contribution in [0.5, 0.6) is 0 Å². The zero-order valence-electron chi connectivity index (χ0n) is 20.1. The number of carbonyl (C=O) groups excluding carboxylic acids is 1. The summed E-state index contributed by atoms with van der Waals surface area (Å²) in [7, 11) is 0. The van der Waals surface area contributed by atoms with E-state index in [1.54, 1.807) is 0 Å². The average molecular weight is 497 g/mol. The SMILES string of the molecule is Cc1ccc(C(=O)N2CCN(c3nc4cc(Cl)ccc4c4nnc(-c5ccc(C)cc5)n34)CC2)cc1. The maximum Gasteiger partial charge on any atom is 0.253 e. The van der Waals surface area contributed by atoms with Gasteiger partial charge in [0.15, 0.2) is 11.5 Å². The number of aromatic nitrogens is 4. The Morgan fingerprint density at radius 2 is 1.50 bits per heavy atom. The number of nitrogens with zero attached hydrogens (tertiary/aromatic N) is 6. The van der Waals surface area contributed by atoms with E-state index in [1.807, 2.05) is 58.7 Å². The van der Waals surface area contributed by atoms with Crippen LogP contribution >= 0.6 is 11.6 Å². The predicted molar refractivity (Wildman–Crippen MR) is 143 cm³/mol. The van der Waals surface area contributed by atoms with Gasteiger partial charge in [-0.1, -0.05) is 59.1 Å². The van der Waals surface area contributed by atoms with Gasteiger partial charge in [-0.25, -0.2) is 9.38 Å². The normalized spacial score (nSPS) is 14.1. The second-order valence-electron chi connectivity index (χ2n) is 9.27. The van der Waals surface area contributed by atoms with Gasteiger partial charge in [0.25, 0.3) is 5.91 Å². The van der Waals surface area contributed by atoms with Gasteiger partial charge in [0.05, 0.1) is 5.52 Å². The van der Waals surface area contributed by atoms with Crippen molar-refractivity contribution in [1.29, 1.82) is 0 Å². The number of piperazine rings is 1. The molecular weight excluding hydrogens is 472 g/mol. The zero-order chi connectivity index (χ0) is 24.8. The van der Waals surface area contributed by atoms with E-state index >= 15 is 0 Å². The highest BCUT2D eigenvalue weighted by Gasteiger charge is 2.26. The molecule has 5 aromatic rings. The molecule has 7 nitrogen and oxygen atoms in total. The van der Waals surface area contributed by atoms with E-state index in [0.717, 1.165) is 45.0 Å². The molecule has 1 saturated heterocycles. The minimum atomic E-state index is 0.0580. The Labute approximate surface area is 214 Å². The van der Waals surface area contributed by atoms with Gasteiger partial charge in [-0.3, -0.25) is 4.79 Å². The fourth-order valence-electron chi connectivity index (χ4n) is 4.68. The molecule has 180 valence electrons. The minimum Gasteiger partial charge on any atom is -0.338 e. The van der Waals surface area contributed by atoms with E-state index in [0.29, 0.717) is 31.2 Å². The van der Waals surface area contributed by atoms with E-state index < -0.39 is 0 Å². The molecule has 1 fully saturated rings. The number of benzene rings is 3. The molecule has 0 spiro atoms. The van der Waals surface area contributed by atoms with Crippen molar-refractivity contribution in [3.8, 4) is 11.4 Å². The number of halogens is 1. The summed E-state index contributed by atoms with van der Waals surface area (Å²) in [6, 6.07) is 21.6. The van der Waals surface area contributed by atoms with Crippen molar-refractivity contribution < 1.29 is 4.79 Å². The van der Waals surface area contributed by atoms with E-state index in [2.05, 4.69) is 46.3 Å². The second-order valence-corrected chi connectivity index (χ2v) is 9.70. The monoisotopic (exact) mass is 496 g/mol. The molecule has 3 aromatic carbocycles. The second kappa shape index (κ2) is 8.91. The summed E-state index contributed by atoms with van der Waals surface area (Å²) in [6.45, 7) is 6.59. The first kappa shape index (κ1) is 22.5. The molecule has 2 aromatic heterocycles. The topological polar surface area (TPSA) is 66.6 Å². The van der Waals surface area contributed by atoms with Crippen molar-refractivity contribution >= 4 is 40.0 Å². The van der Waals surface area contributed by atoms with Crippen LogP contribution in [0.1, 0.15) is 21.5 Å². The van der Waals surface area contributed by atoms with Gasteiger partial charge >= 0.3 is 0 Å². The first-order chi connectivity index (χ1) is 17.5. The third-order valence-corrected chi connectivity index (χ3v) is 6.98. The van der Waals surface area contributed by atoms with Crippen molar-refractivity contribution in [3.63, 3.8) is 0 Å². The third-order valence-electron chi connectivity index (χ3n) is 6.74. The van der Waals surface area contributed by atoms with Gasteiger partial charge in [0, 0.05) is 47.7 Å². The molecule has 8 heteroatoms. The number of hydrogen-bond donors (Lipinski definition) is 0. The number of fused-ring (bicyclic) bond motifs is 3. The first-order valence-corrected chi connectivity index (χ1v) is 12.4. The molecule has 3 heterocycles. The Bertz CT molecular complexity index is 1590. The van der Waals surface area contributed by atoms with Crippen LogP contribution in [0.2, 0.25) is 5.02 Å². The maximum atomic E-state index is 13.1. The van der Waals surface area contributed by atoms with Crippen LogP contribution in [0.25, 0.3) is 27.9 Å². The van der Waals surface area contributed by atoms with Crippen molar-refractivity contribution in [2.45, 2.75) is 13.8 Å². The quantitative estimate of drug-likeness (QED) is 0.344. The maximum absolute atomic E-state index is 13.1. The lowest BCUT2D eigenvalue weighted by Gasteiger charge is -2.35. The Hall–Kier alpha value is -3.97. The van der Waals surface area contributed by atoms with Crippen molar-refractivity contribution in [2.75, 3.05) is 31.1 Å². The van der Waals surface area contributed by atoms with Crippen LogP contribution in [0.3, 0.4) is 0 Å². The van der Waals surface area contributed by atoms with Crippen molar-refractivity contribution in [1.82, 2.24) is 24.5 Å². The molecule has 0 unspecified atom stereocenters. The Balaban J connectivity index is 1.39. The number of hydrogen-bond acceptors (Lipinski definition) is 5. The molecule has 0 saturated carbocycles. The number of amides is 1.